The second-order valence-corrected chi connectivity index (χ2v) is 8.53. The highest BCUT2D eigenvalue weighted by molar-refractivity contribution is 9.13. The van der Waals surface area contributed by atoms with E-state index in [-0.39, 0.29) is 5.91 Å². The van der Waals surface area contributed by atoms with E-state index >= 15 is 0 Å². The van der Waals surface area contributed by atoms with Crippen molar-refractivity contribution in [3.8, 4) is 0 Å². The van der Waals surface area contributed by atoms with Gasteiger partial charge in [-0.15, -0.1) is 11.3 Å². The zero-order valence-corrected chi connectivity index (χ0v) is 13.8. The van der Waals surface area contributed by atoms with Crippen LogP contribution in [-0.4, -0.2) is 11.9 Å². The predicted molar refractivity (Wildman–Crippen MR) is 78.6 cm³/mol. The molecule has 1 unspecified atom stereocenters. The largest absolute Gasteiger partial charge is 0.349 e. The molecule has 1 fully saturated rings. The van der Waals surface area contributed by atoms with Crippen molar-refractivity contribution >= 4 is 49.1 Å². The zero-order chi connectivity index (χ0) is 12.6. The first kappa shape index (κ1) is 13.6. The van der Waals surface area contributed by atoms with Crippen LogP contribution in [0.1, 0.15) is 42.8 Å². The number of carbonyl (C=O) groups excluding carboxylic acids is 1. The normalized spacial score (nSPS) is 22.7. The zero-order valence-electron chi connectivity index (χ0n) is 9.85. The summed E-state index contributed by atoms with van der Waals surface area (Å²) in [6.07, 6.45) is 3.36. The van der Waals surface area contributed by atoms with Crippen molar-refractivity contribution in [2.24, 2.45) is 5.41 Å². The first-order chi connectivity index (χ1) is 7.87. The summed E-state index contributed by atoms with van der Waals surface area (Å²) < 4.78 is 1.91. The number of halogens is 2. The Hall–Kier alpha value is 0.130. The van der Waals surface area contributed by atoms with E-state index in [9.17, 15) is 4.79 Å². The topological polar surface area (TPSA) is 29.1 Å². The lowest BCUT2D eigenvalue weighted by Gasteiger charge is -2.17. The molecule has 1 heterocycles. The third kappa shape index (κ3) is 3.32. The van der Waals surface area contributed by atoms with Gasteiger partial charge in [-0.1, -0.05) is 13.8 Å². The fraction of sp³-hybridized carbons (Fsp3) is 0.583. The van der Waals surface area contributed by atoms with Crippen LogP contribution in [-0.2, 0) is 0 Å². The van der Waals surface area contributed by atoms with Crippen LogP contribution in [0.5, 0.6) is 0 Å². The van der Waals surface area contributed by atoms with Crippen LogP contribution in [0.25, 0.3) is 0 Å². The van der Waals surface area contributed by atoms with Crippen molar-refractivity contribution in [3.05, 3.63) is 19.2 Å². The van der Waals surface area contributed by atoms with Gasteiger partial charge in [0, 0.05) is 10.5 Å². The average molecular weight is 381 g/mol. The number of hydrogen-bond donors (Lipinski definition) is 1. The van der Waals surface area contributed by atoms with Crippen LogP contribution in [0.2, 0.25) is 0 Å². The van der Waals surface area contributed by atoms with E-state index in [1.54, 1.807) is 0 Å². The molecule has 17 heavy (non-hydrogen) atoms. The predicted octanol–water partition coefficient (Wildman–Crippen LogP) is 4.58. The van der Waals surface area contributed by atoms with Crippen LogP contribution < -0.4 is 5.32 Å². The Morgan fingerprint density at radius 1 is 1.53 bits per heavy atom. The van der Waals surface area contributed by atoms with E-state index in [1.807, 2.05) is 6.07 Å². The molecule has 1 aliphatic carbocycles. The fourth-order valence-corrected chi connectivity index (χ4v) is 4.21. The molecule has 1 amide bonds. The second-order valence-electron chi connectivity index (χ2n) is 5.31. The Bertz CT molecular complexity index is 422. The molecular weight excluding hydrogens is 366 g/mol. The summed E-state index contributed by atoms with van der Waals surface area (Å²) in [5, 5.41) is 3.12. The van der Waals surface area contributed by atoms with Gasteiger partial charge in [-0.25, -0.2) is 0 Å². The molecule has 1 aromatic heterocycles. The summed E-state index contributed by atoms with van der Waals surface area (Å²) >= 11 is 8.27. The standard InChI is InChI=1S/C12H15Br2NOS/c1-12(2)4-3-7(6-12)15-11(16)9-5-8(13)10(14)17-9/h5,7H,3-4,6H2,1-2H3,(H,15,16). The van der Waals surface area contributed by atoms with Gasteiger partial charge >= 0.3 is 0 Å². The van der Waals surface area contributed by atoms with E-state index < -0.39 is 0 Å². The highest BCUT2D eigenvalue weighted by Gasteiger charge is 2.32. The molecule has 1 atom stereocenters. The number of carbonyl (C=O) groups is 1. The number of hydrogen-bond acceptors (Lipinski definition) is 2. The monoisotopic (exact) mass is 379 g/mol. The van der Waals surface area contributed by atoms with Crippen LogP contribution in [0.15, 0.2) is 14.3 Å². The Morgan fingerprint density at radius 2 is 2.24 bits per heavy atom. The van der Waals surface area contributed by atoms with Gasteiger partial charge in [-0.05, 0) is 62.6 Å². The van der Waals surface area contributed by atoms with Gasteiger partial charge in [0.1, 0.15) is 0 Å². The van der Waals surface area contributed by atoms with E-state index in [0.717, 1.165) is 26.0 Å². The molecule has 0 aromatic carbocycles. The summed E-state index contributed by atoms with van der Waals surface area (Å²) in [5.74, 6) is 0.0455. The maximum atomic E-state index is 12.0. The number of nitrogens with one attached hydrogen (secondary N) is 1. The first-order valence-corrected chi connectivity index (χ1v) is 8.03. The molecule has 2 nitrogen and oxygen atoms in total. The molecule has 0 aliphatic heterocycles. The minimum atomic E-state index is 0.0455. The molecule has 0 spiro atoms. The third-order valence-corrected chi connectivity index (χ3v) is 6.43. The van der Waals surface area contributed by atoms with E-state index in [0.29, 0.717) is 11.5 Å². The van der Waals surface area contributed by atoms with Crippen molar-refractivity contribution in [1.82, 2.24) is 5.32 Å². The minimum absolute atomic E-state index is 0.0455. The van der Waals surface area contributed by atoms with Gasteiger partial charge in [0.2, 0.25) is 0 Å². The Kier molecular flexibility index (Phi) is 4.00. The summed E-state index contributed by atoms with van der Waals surface area (Å²) in [4.78, 5) is 12.8. The Labute approximate surface area is 122 Å². The Morgan fingerprint density at radius 3 is 2.71 bits per heavy atom. The molecule has 0 radical (unpaired) electrons. The SMILES string of the molecule is CC1(C)CCC(NC(=O)c2cc(Br)c(Br)s2)C1. The molecule has 1 aliphatic rings. The number of thiophene rings is 1. The van der Waals surface area contributed by atoms with Gasteiger partial charge in [0.15, 0.2) is 0 Å². The van der Waals surface area contributed by atoms with E-state index in [1.165, 1.54) is 17.8 Å². The van der Waals surface area contributed by atoms with Gasteiger partial charge in [0.25, 0.3) is 5.91 Å². The quantitative estimate of drug-likeness (QED) is 0.799. The summed E-state index contributed by atoms with van der Waals surface area (Å²) in [6.45, 7) is 4.52. The first-order valence-electron chi connectivity index (χ1n) is 5.63. The molecule has 1 aromatic rings. The number of rotatable bonds is 2. The smallest absolute Gasteiger partial charge is 0.261 e. The van der Waals surface area contributed by atoms with Crippen LogP contribution in [0.4, 0.5) is 0 Å². The summed E-state index contributed by atoms with van der Waals surface area (Å²) in [7, 11) is 0. The maximum Gasteiger partial charge on any atom is 0.261 e. The molecule has 5 heteroatoms. The lowest BCUT2D eigenvalue weighted by atomic mass is 9.92. The molecule has 1 N–H and O–H groups in total. The Balaban J connectivity index is 1.98. The van der Waals surface area contributed by atoms with Crippen molar-refractivity contribution < 1.29 is 4.79 Å². The minimum Gasteiger partial charge on any atom is -0.349 e. The average Bonchev–Trinajstić information content (AvgIpc) is 2.71. The summed E-state index contributed by atoms with van der Waals surface area (Å²) in [5.41, 5.74) is 0.370. The van der Waals surface area contributed by atoms with Gasteiger partial charge in [-0.3, -0.25) is 4.79 Å². The van der Waals surface area contributed by atoms with E-state index in [4.69, 9.17) is 0 Å². The fourth-order valence-electron chi connectivity index (χ4n) is 2.27. The molecule has 1 saturated carbocycles. The lowest BCUT2D eigenvalue weighted by molar-refractivity contribution is 0.0940. The highest BCUT2D eigenvalue weighted by Crippen LogP contribution is 2.37. The molecular formula is C12H15Br2NOS. The molecule has 94 valence electrons. The van der Waals surface area contributed by atoms with Crippen LogP contribution in [0.3, 0.4) is 0 Å². The second kappa shape index (κ2) is 5.02. The lowest BCUT2D eigenvalue weighted by Crippen LogP contribution is -2.32. The van der Waals surface area contributed by atoms with Crippen molar-refractivity contribution in [1.29, 1.82) is 0 Å². The van der Waals surface area contributed by atoms with Crippen LogP contribution in [0, 0.1) is 5.41 Å². The van der Waals surface area contributed by atoms with Gasteiger partial charge in [-0.2, -0.15) is 0 Å². The van der Waals surface area contributed by atoms with Crippen molar-refractivity contribution in [2.45, 2.75) is 39.2 Å². The highest BCUT2D eigenvalue weighted by atomic mass is 79.9. The third-order valence-electron chi connectivity index (χ3n) is 3.17. The maximum absolute atomic E-state index is 12.0. The summed E-state index contributed by atoms with van der Waals surface area (Å²) in [6, 6.07) is 2.20. The van der Waals surface area contributed by atoms with E-state index in [2.05, 4.69) is 51.0 Å². The van der Waals surface area contributed by atoms with Gasteiger partial charge < -0.3 is 5.32 Å². The molecule has 0 saturated heterocycles. The van der Waals surface area contributed by atoms with Crippen LogP contribution >= 0.6 is 43.2 Å². The van der Waals surface area contributed by atoms with Crippen molar-refractivity contribution in [3.63, 3.8) is 0 Å². The molecule has 0 bridgehead atoms. The van der Waals surface area contributed by atoms with Crippen molar-refractivity contribution in [2.75, 3.05) is 0 Å². The number of amides is 1. The molecule has 2 rings (SSSR count). The van der Waals surface area contributed by atoms with Gasteiger partial charge in [0.05, 0.1) is 8.66 Å².